The lowest BCUT2D eigenvalue weighted by atomic mass is 9.91. The Kier molecular flexibility index (Phi) is 5.18. The molecule has 0 amide bonds. The number of benzene rings is 3. The average Bonchev–Trinajstić information content (AvgIpc) is 2.70. The van der Waals surface area contributed by atoms with Crippen LogP contribution in [0.2, 0.25) is 0 Å². The fourth-order valence-corrected chi connectivity index (χ4v) is 3.67. The summed E-state index contributed by atoms with van der Waals surface area (Å²) in [4.78, 5) is 0. The van der Waals surface area contributed by atoms with Crippen molar-refractivity contribution in [1.29, 1.82) is 0 Å². The van der Waals surface area contributed by atoms with Crippen LogP contribution in [0.3, 0.4) is 0 Å². The Hall–Kier alpha value is -3.01. The summed E-state index contributed by atoms with van der Waals surface area (Å²) >= 11 is 0. The highest BCUT2D eigenvalue weighted by Gasteiger charge is 2.25. The van der Waals surface area contributed by atoms with Gasteiger partial charge in [-0.25, -0.2) is 0 Å². The first-order valence-corrected chi connectivity index (χ1v) is 9.72. The topological polar surface area (TPSA) is 9.23 Å². The summed E-state index contributed by atoms with van der Waals surface area (Å²) in [5, 5.41) is 1.39. The van der Waals surface area contributed by atoms with Crippen molar-refractivity contribution in [2.75, 3.05) is 0 Å². The lowest BCUT2D eigenvalue weighted by molar-refractivity contribution is -0.122. The molecule has 0 aliphatic carbocycles. The molecular weight excluding hydrogens is 373 g/mol. The maximum Gasteiger partial charge on any atom is 0.392 e. The van der Waals surface area contributed by atoms with Gasteiger partial charge in [0, 0.05) is 16.4 Å². The first-order valence-electron chi connectivity index (χ1n) is 9.72. The first-order chi connectivity index (χ1) is 13.9. The van der Waals surface area contributed by atoms with E-state index in [0.717, 1.165) is 40.5 Å². The van der Waals surface area contributed by atoms with Crippen molar-refractivity contribution in [3.63, 3.8) is 0 Å². The van der Waals surface area contributed by atoms with Crippen molar-refractivity contribution in [2.45, 2.75) is 32.4 Å². The molecule has 0 spiro atoms. The number of ether oxygens (including phenoxy) is 1. The van der Waals surface area contributed by atoms with Crippen LogP contribution in [0.1, 0.15) is 36.5 Å². The van der Waals surface area contributed by atoms with E-state index in [4.69, 9.17) is 4.74 Å². The van der Waals surface area contributed by atoms with Crippen LogP contribution in [0.5, 0.6) is 11.5 Å². The molecule has 0 atom stereocenters. The molecular formula is C25H21F3O. The summed E-state index contributed by atoms with van der Waals surface area (Å²) in [6, 6.07) is 21.5. The molecule has 4 rings (SSSR count). The van der Waals surface area contributed by atoms with E-state index >= 15 is 0 Å². The van der Waals surface area contributed by atoms with Crippen molar-refractivity contribution >= 4 is 11.6 Å². The van der Waals surface area contributed by atoms with E-state index in [1.807, 2.05) is 42.5 Å². The first kappa shape index (κ1) is 19.3. The van der Waals surface area contributed by atoms with Crippen LogP contribution >= 0.6 is 0 Å². The molecule has 0 unspecified atom stereocenters. The molecule has 1 heterocycles. The summed E-state index contributed by atoms with van der Waals surface area (Å²) < 4.78 is 44.0. The minimum atomic E-state index is -4.22. The van der Waals surface area contributed by atoms with Crippen LogP contribution in [0.15, 0.2) is 66.7 Å². The van der Waals surface area contributed by atoms with Gasteiger partial charge in [-0.2, -0.15) is 13.2 Å². The third-order valence-corrected chi connectivity index (χ3v) is 4.98. The smallest absolute Gasteiger partial charge is 0.392 e. The molecule has 0 saturated heterocycles. The zero-order chi connectivity index (χ0) is 20.4. The fourth-order valence-electron chi connectivity index (χ4n) is 3.67. The lowest BCUT2D eigenvalue weighted by Gasteiger charge is -2.22. The molecule has 1 aliphatic rings. The molecule has 0 radical (unpaired) electrons. The lowest BCUT2D eigenvalue weighted by Crippen LogP contribution is -2.20. The SMILES string of the molecule is CCCc1ccc2c(c1)Oc1c/c(=C/CC(F)(F)F)ccc1=C2c1ccccc1. The van der Waals surface area contributed by atoms with Crippen molar-refractivity contribution < 1.29 is 17.9 Å². The molecule has 0 aromatic heterocycles. The monoisotopic (exact) mass is 394 g/mol. The Morgan fingerprint density at radius 3 is 2.41 bits per heavy atom. The quantitative estimate of drug-likeness (QED) is 0.430. The molecule has 3 aromatic rings. The van der Waals surface area contributed by atoms with E-state index in [-0.39, 0.29) is 0 Å². The maximum atomic E-state index is 12.6. The van der Waals surface area contributed by atoms with Gasteiger partial charge >= 0.3 is 6.18 Å². The third-order valence-electron chi connectivity index (χ3n) is 4.98. The highest BCUT2D eigenvalue weighted by atomic mass is 19.4. The average molecular weight is 394 g/mol. The zero-order valence-corrected chi connectivity index (χ0v) is 16.1. The van der Waals surface area contributed by atoms with E-state index in [1.54, 1.807) is 12.1 Å². The van der Waals surface area contributed by atoms with Gasteiger partial charge in [0.2, 0.25) is 0 Å². The van der Waals surface area contributed by atoms with Gasteiger partial charge in [0.15, 0.2) is 0 Å². The summed E-state index contributed by atoms with van der Waals surface area (Å²) in [6.45, 7) is 2.12. The van der Waals surface area contributed by atoms with E-state index < -0.39 is 12.6 Å². The molecule has 29 heavy (non-hydrogen) atoms. The van der Waals surface area contributed by atoms with Gasteiger partial charge in [-0.3, -0.25) is 0 Å². The van der Waals surface area contributed by atoms with Gasteiger partial charge in [-0.05, 0) is 41.0 Å². The van der Waals surface area contributed by atoms with Gasteiger partial charge in [-0.15, -0.1) is 0 Å². The van der Waals surface area contributed by atoms with E-state index in [2.05, 4.69) is 19.1 Å². The van der Waals surface area contributed by atoms with Gasteiger partial charge in [0.25, 0.3) is 0 Å². The summed E-state index contributed by atoms with van der Waals surface area (Å²) in [7, 11) is 0. The molecule has 0 fully saturated rings. The normalized spacial score (nSPS) is 13.7. The largest absolute Gasteiger partial charge is 0.456 e. The van der Waals surface area contributed by atoms with Gasteiger partial charge in [0.1, 0.15) is 11.5 Å². The summed E-state index contributed by atoms with van der Waals surface area (Å²) in [5.41, 5.74) is 4.26. The van der Waals surface area contributed by atoms with E-state index in [0.29, 0.717) is 11.0 Å². The number of hydrogen-bond donors (Lipinski definition) is 0. The van der Waals surface area contributed by atoms with Crippen LogP contribution < -0.4 is 15.2 Å². The molecule has 0 bridgehead atoms. The highest BCUT2D eigenvalue weighted by molar-refractivity contribution is 5.85. The molecule has 1 nitrogen and oxygen atoms in total. The van der Waals surface area contributed by atoms with Crippen LogP contribution in [-0.2, 0) is 6.42 Å². The number of hydrogen-bond acceptors (Lipinski definition) is 1. The highest BCUT2D eigenvalue weighted by Crippen LogP contribution is 2.36. The second-order valence-corrected chi connectivity index (χ2v) is 7.20. The van der Waals surface area contributed by atoms with Crippen LogP contribution in [0, 0.1) is 0 Å². The molecule has 0 saturated carbocycles. The Morgan fingerprint density at radius 2 is 1.69 bits per heavy atom. The zero-order valence-electron chi connectivity index (χ0n) is 16.1. The standard InChI is InChI=1S/C25H21F3O/c1-2-6-17-9-11-20-22(15-17)29-23-16-18(13-14-25(26,27)28)10-12-21(23)24(20)19-7-4-3-5-8-19/h3-5,7-13,15-16H,2,6,14H2,1H3/b18-13+. The number of aryl methyl sites for hydroxylation is 1. The number of halogens is 3. The minimum absolute atomic E-state index is 0.502. The van der Waals surface area contributed by atoms with Crippen LogP contribution in [0.4, 0.5) is 13.2 Å². The second-order valence-electron chi connectivity index (χ2n) is 7.20. The van der Waals surface area contributed by atoms with Gasteiger partial charge in [-0.1, -0.05) is 68.0 Å². The third kappa shape index (κ3) is 4.21. The van der Waals surface area contributed by atoms with Crippen molar-refractivity contribution in [3.05, 3.63) is 93.9 Å². The number of fused-ring (bicyclic) bond motifs is 2. The Bertz CT molecular complexity index is 1140. The maximum absolute atomic E-state index is 12.6. The minimum Gasteiger partial charge on any atom is -0.456 e. The van der Waals surface area contributed by atoms with Crippen LogP contribution in [0.25, 0.3) is 11.6 Å². The Morgan fingerprint density at radius 1 is 0.897 bits per heavy atom. The molecule has 0 N–H and O–H groups in total. The predicted octanol–water partition coefficient (Wildman–Crippen LogP) is 5.73. The van der Waals surface area contributed by atoms with Crippen molar-refractivity contribution in [3.8, 4) is 11.5 Å². The summed E-state index contributed by atoms with van der Waals surface area (Å²) in [5.74, 6) is 1.33. The Balaban J connectivity index is 1.92. The number of alkyl halides is 3. The number of rotatable bonds is 4. The van der Waals surface area contributed by atoms with Gasteiger partial charge in [0.05, 0.1) is 6.42 Å². The van der Waals surface area contributed by atoms with Crippen molar-refractivity contribution in [2.24, 2.45) is 0 Å². The van der Waals surface area contributed by atoms with Gasteiger partial charge < -0.3 is 4.74 Å². The second kappa shape index (κ2) is 7.78. The van der Waals surface area contributed by atoms with E-state index in [1.165, 1.54) is 11.6 Å². The summed E-state index contributed by atoms with van der Waals surface area (Å²) in [6.07, 6.45) is -2.02. The molecule has 1 aliphatic heterocycles. The van der Waals surface area contributed by atoms with Crippen LogP contribution in [-0.4, -0.2) is 6.18 Å². The molecule has 4 heteroatoms. The fraction of sp³-hybridized carbons (Fsp3) is 0.200. The molecule has 3 aromatic carbocycles. The Labute approximate surface area is 167 Å². The van der Waals surface area contributed by atoms with E-state index in [9.17, 15) is 13.2 Å². The molecule has 148 valence electrons. The van der Waals surface area contributed by atoms with Crippen molar-refractivity contribution in [1.82, 2.24) is 0 Å². The predicted molar refractivity (Wildman–Crippen MR) is 109 cm³/mol.